The summed E-state index contributed by atoms with van der Waals surface area (Å²) in [7, 11) is -3.29. The second-order valence-corrected chi connectivity index (χ2v) is 8.89. The number of ether oxygens (including phenoxy) is 1. The van der Waals surface area contributed by atoms with E-state index >= 15 is 0 Å². The van der Waals surface area contributed by atoms with Crippen molar-refractivity contribution in [2.24, 2.45) is 11.3 Å². The number of pyridine rings is 1. The zero-order valence-electron chi connectivity index (χ0n) is 13.3. The Kier molecular flexibility index (Phi) is 4.31. The van der Waals surface area contributed by atoms with Gasteiger partial charge in [-0.1, -0.05) is 12.5 Å². The van der Waals surface area contributed by atoms with Gasteiger partial charge in [-0.05, 0) is 24.8 Å². The van der Waals surface area contributed by atoms with Crippen molar-refractivity contribution in [3.63, 3.8) is 0 Å². The molecule has 3 rings (SSSR count). The zero-order valence-corrected chi connectivity index (χ0v) is 14.1. The van der Waals surface area contributed by atoms with E-state index in [1.54, 1.807) is 11.1 Å². The molecule has 6 nitrogen and oxygen atoms in total. The number of nitrogens with zero attached hydrogens (tertiary/aromatic N) is 2. The summed E-state index contributed by atoms with van der Waals surface area (Å²) in [6.45, 7) is 1.75. The van der Waals surface area contributed by atoms with Gasteiger partial charge in [0.05, 0.1) is 6.61 Å². The van der Waals surface area contributed by atoms with Gasteiger partial charge in [-0.3, -0.25) is 4.79 Å². The van der Waals surface area contributed by atoms with Crippen LogP contribution in [0, 0.1) is 11.3 Å². The van der Waals surface area contributed by atoms with Crippen LogP contribution < -0.4 is 4.74 Å². The first-order chi connectivity index (χ1) is 10.9. The minimum Gasteiger partial charge on any atom is -0.477 e. The van der Waals surface area contributed by atoms with Crippen molar-refractivity contribution in [1.82, 2.24) is 9.88 Å². The number of aromatic nitrogens is 1. The quantitative estimate of drug-likeness (QED) is 0.804. The summed E-state index contributed by atoms with van der Waals surface area (Å²) in [6, 6.07) is 5.54. The second kappa shape index (κ2) is 6.11. The Morgan fingerprint density at radius 2 is 2.30 bits per heavy atom. The number of sulfone groups is 1. The van der Waals surface area contributed by atoms with Crippen LogP contribution in [0.1, 0.15) is 19.3 Å². The predicted molar refractivity (Wildman–Crippen MR) is 85.8 cm³/mol. The third-order valence-electron chi connectivity index (χ3n) is 4.92. The molecule has 0 aromatic carbocycles. The molecule has 0 spiro atoms. The fraction of sp³-hybridized carbons (Fsp3) is 0.625. The lowest BCUT2D eigenvalue weighted by atomic mass is 9.82. The monoisotopic (exact) mass is 338 g/mol. The number of hydrogen-bond acceptors (Lipinski definition) is 5. The lowest BCUT2D eigenvalue weighted by Gasteiger charge is -2.28. The molecular weight excluding hydrogens is 316 g/mol. The van der Waals surface area contributed by atoms with Gasteiger partial charge in [-0.15, -0.1) is 0 Å². The van der Waals surface area contributed by atoms with Crippen LogP contribution in [-0.4, -0.2) is 55.9 Å². The first kappa shape index (κ1) is 16.2. The zero-order chi connectivity index (χ0) is 16.5. The number of likely N-dealkylation sites (tertiary alicyclic amines) is 1. The topological polar surface area (TPSA) is 76.6 Å². The normalized spacial score (nSPS) is 27.0. The molecule has 2 aliphatic rings. The summed E-state index contributed by atoms with van der Waals surface area (Å²) in [4.78, 5) is 18.1. The predicted octanol–water partition coefficient (Wildman–Crippen LogP) is 1.13. The van der Waals surface area contributed by atoms with E-state index in [0.717, 1.165) is 25.5 Å². The molecule has 23 heavy (non-hydrogen) atoms. The van der Waals surface area contributed by atoms with E-state index in [0.29, 0.717) is 31.5 Å². The van der Waals surface area contributed by atoms with Crippen molar-refractivity contribution in [2.45, 2.75) is 19.3 Å². The highest BCUT2D eigenvalue weighted by Crippen LogP contribution is 2.48. The molecule has 1 aromatic rings. The number of fused-ring (bicyclic) bond motifs is 1. The Labute approximate surface area is 136 Å². The minimum atomic E-state index is -3.29. The molecule has 0 radical (unpaired) electrons. The summed E-state index contributed by atoms with van der Waals surface area (Å²) in [5.41, 5.74) is -0.0648. The van der Waals surface area contributed by atoms with E-state index in [1.165, 1.54) is 0 Å². The molecule has 1 aromatic heterocycles. The van der Waals surface area contributed by atoms with Crippen LogP contribution in [-0.2, 0) is 14.6 Å². The molecule has 1 saturated carbocycles. The minimum absolute atomic E-state index is 0.0648. The van der Waals surface area contributed by atoms with Crippen molar-refractivity contribution in [3.8, 4) is 5.88 Å². The summed E-state index contributed by atoms with van der Waals surface area (Å²) in [5, 5.41) is 0. The maximum absolute atomic E-state index is 12.2. The van der Waals surface area contributed by atoms with Gasteiger partial charge in [0.1, 0.15) is 5.75 Å². The van der Waals surface area contributed by atoms with Crippen molar-refractivity contribution in [3.05, 3.63) is 24.4 Å². The van der Waals surface area contributed by atoms with Crippen molar-refractivity contribution in [1.29, 1.82) is 0 Å². The number of carbonyl (C=O) groups is 1. The molecule has 7 heteroatoms. The molecule has 1 amide bonds. The van der Waals surface area contributed by atoms with E-state index in [1.807, 2.05) is 18.2 Å². The van der Waals surface area contributed by atoms with Crippen LogP contribution in [0.5, 0.6) is 5.88 Å². The van der Waals surface area contributed by atoms with Crippen LogP contribution in [0.3, 0.4) is 0 Å². The van der Waals surface area contributed by atoms with Crippen LogP contribution >= 0.6 is 0 Å². The van der Waals surface area contributed by atoms with Gasteiger partial charge >= 0.3 is 0 Å². The molecule has 0 N–H and O–H groups in total. The number of hydrogen-bond donors (Lipinski definition) is 0. The Balaban J connectivity index is 1.67. The first-order valence-corrected chi connectivity index (χ1v) is 9.93. The molecule has 2 heterocycles. The van der Waals surface area contributed by atoms with Crippen LogP contribution in [0.15, 0.2) is 24.4 Å². The largest absolute Gasteiger partial charge is 0.477 e. The summed E-state index contributed by atoms with van der Waals surface area (Å²) in [5.74, 6) is 0.277. The van der Waals surface area contributed by atoms with Gasteiger partial charge in [0.25, 0.3) is 0 Å². The van der Waals surface area contributed by atoms with E-state index in [-0.39, 0.29) is 11.3 Å². The molecule has 2 fully saturated rings. The SMILES string of the molecule is CS(=O)(=O)CC(=O)N1C[C@H]2CCC[C@@]2(COc2ccccn2)C1. The van der Waals surface area contributed by atoms with Crippen molar-refractivity contribution >= 4 is 15.7 Å². The van der Waals surface area contributed by atoms with E-state index in [9.17, 15) is 13.2 Å². The third-order valence-corrected chi connectivity index (χ3v) is 5.69. The smallest absolute Gasteiger partial charge is 0.237 e. The molecule has 0 bridgehead atoms. The average Bonchev–Trinajstić information content (AvgIpc) is 3.01. The highest BCUT2D eigenvalue weighted by Gasteiger charge is 2.51. The van der Waals surface area contributed by atoms with E-state index in [2.05, 4.69) is 4.98 Å². The molecule has 1 aliphatic heterocycles. The summed E-state index contributed by atoms with van der Waals surface area (Å²) < 4.78 is 28.6. The van der Waals surface area contributed by atoms with Gasteiger partial charge in [-0.25, -0.2) is 13.4 Å². The lowest BCUT2D eigenvalue weighted by molar-refractivity contribution is -0.128. The van der Waals surface area contributed by atoms with Gasteiger partial charge in [0.15, 0.2) is 9.84 Å². The molecular formula is C16H22N2O4S. The fourth-order valence-corrected chi connectivity index (χ4v) is 4.44. The second-order valence-electron chi connectivity index (χ2n) is 6.75. The van der Waals surface area contributed by atoms with Gasteiger partial charge < -0.3 is 9.64 Å². The van der Waals surface area contributed by atoms with Gasteiger partial charge in [0, 0.05) is 37.0 Å². The highest BCUT2D eigenvalue weighted by atomic mass is 32.2. The Hall–Kier alpha value is -1.63. The van der Waals surface area contributed by atoms with Crippen LogP contribution in [0.2, 0.25) is 0 Å². The Morgan fingerprint density at radius 3 is 3.00 bits per heavy atom. The molecule has 2 atom stereocenters. The van der Waals surface area contributed by atoms with E-state index in [4.69, 9.17) is 4.74 Å². The Morgan fingerprint density at radius 1 is 1.48 bits per heavy atom. The highest BCUT2D eigenvalue weighted by molar-refractivity contribution is 7.91. The summed E-state index contributed by atoms with van der Waals surface area (Å²) in [6.07, 6.45) is 5.99. The van der Waals surface area contributed by atoms with Crippen LogP contribution in [0.4, 0.5) is 0 Å². The number of amides is 1. The standard InChI is InChI=1S/C16H22N2O4S/c1-23(20,21)10-15(19)18-9-13-5-4-7-16(13,11-18)12-22-14-6-2-3-8-17-14/h2-3,6,8,13H,4-5,7,9-12H2,1H3/t13-,16+/m1/s1. The molecule has 1 aliphatic carbocycles. The molecule has 0 unspecified atom stereocenters. The fourth-order valence-electron chi connectivity index (χ4n) is 3.81. The van der Waals surface area contributed by atoms with Crippen molar-refractivity contribution < 1.29 is 17.9 Å². The average molecular weight is 338 g/mol. The van der Waals surface area contributed by atoms with Crippen molar-refractivity contribution in [2.75, 3.05) is 31.7 Å². The maximum atomic E-state index is 12.2. The lowest BCUT2D eigenvalue weighted by Crippen LogP contribution is -2.37. The van der Waals surface area contributed by atoms with Gasteiger partial charge in [0.2, 0.25) is 11.8 Å². The third kappa shape index (κ3) is 3.65. The number of carbonyl (C=O) groups excluding carboxylic acids is 1. The molecule has 1 saturated heterocycles. The van der Waals surface area contributed by atoms with Crippen LogP contribution in [0.25, 0.3) is 0 Å². The number of rotatable bonds is 5. The Bertz CT molecular complexity index is 677. The van der Waals surface area contributed by atoms with E-state index < -0.39 is 15.6 Å². The summed E-state index contributed by atoms with van der Waals surface area (Å²) >= 11 is 0. The first-order valence-electron chi connectivity index (χ1n) is 7.87. The molecule has 126 valence electrons. The van der Waals surface area contributed by atoms with Gasteiger partial charge in [-0.2, -0.15) is 0 Å². The maximum Gasteiger partial charge on any atom is 0.237 e.